The van der Waals surface area contributed by atoms with Crippen molar-refractivity contribution in [3.63, 3.8) is 0 Å². The number of anilines is 1. The van der Waals surface area contributed by atoms with Crippen molar-refractivity contribution in [3.05, 3.63) is 71.9 Å². The molecule has 0 atom stereocenters. The predicted octanol–water partition coefficient (Wildman–Crippen LogP) is 3.76. The molecule has 20 heavy (non-hydrogen) atoms. The third-order valence-electron chi connectivity index (χ3n) is 2.50. The number of amides is 2. The highest BCUT2D eigenvalue weighted by Crippen LogP contribution is 2.12. The fourth-order valence-electron chi connectivity index (χ4n) is 1.54. The molecule has 0 spiro atoms. The van der Waals surface area contributed by atoms with Crippen molar-refractivity contribution in [3.8, 4) is 0 Å². The van der Waals surface area contributed by atoms with Crippen LogP contribution in [-0.2, 0) is 0 Å². The summed E-state index contributed by atoms with van der Waals surface area (Å²) in [7, 11) is 0. The van der Waals surface area contributed by atoms with E-state index in [-0.39, 0.29) is 11.5 Å². The van der Waals surface area contributed by atoms with E-state index in [0.717, 1.165) is 0 Å². The smallest absolute Gasteiger partial charge is 0.314 e. The Hall–Kier alpha value is -2.69. The van der Waals surface area contributed by atoms with Gasteiger partial charge in [-0.05, 0) is 24.3 Å². The average Bonchev–Trinajstić information content (AvgIpc) is 2.43. The molecule has 0 aliphatic heterocycles. The summed E-state index contributed by atoms with van der Waals surface area (Å²) >= 11 is 0. The highest BCUT2D eigenvalue weighted by Gasteiger charge is 2.03. The minimum Gasteiger partial charge on any atom is -0.314 e. The Morgan fingerprint density at radius 1 is 0.950 bits per heavy atom. The van der Waals surface area contributed by atoms with E-state index in [1.54, 1.807) is 24.3 Å². The largest absolute Gasteiger partial charge is 0.323 e. The number of nitrogens with one attached hydrogen (secondary N) is 2. The molecular weight excluding hydrogens is 262 g/mol. The second-order valence-electron chi connectivity index (χ2n) is 3.93. The number of hydrogen-bond acceptors (Lipinski definition) is 1. The van der Waals surface area contributed by atoms with Gasteiger partial charge in [-0.3, -0.25) is 0 Å². The van der Waals surface area contributed by atoms with Crippen LogP contribution in [0.25, 0.3) is 6.08 Å². The van der Waals surface area contributed by atoms with Crippen molar-refractivity contribution in [1.82, 2.24) is 5.32 Å². The Bertz CT molecular complexity index is 641. The molecule has 2 aromatic carbocycles. The van der Waals surface area contributed by atoms with Gasteiger partial charge in [0.15, 0.2) is 0 Å². The zero-order valence-electron chi connectivity index (χ0n) is 10.4. The van der Waals surface area contributed by atoms with Gasteiger partial charge in [0.2, 0.25) is 0 Å². The lowest BCUT2D eigenvalue weighted by Gasteiger charge is -2.05. The van der Waals surface area contributed by atoms with Crippen LogP contribution in [0.15, 0.2) is 54.7 Å². The SMILES string of the molecule is O=C(N/C=C/c1ccccc1F)Nc1ccccc1F. The zero-order chi connectivity index (χ0) is 14.4. The number of hydrogen-bond donors (Lipinski definition) is 2. The lowest BCUT2D eigenvalue weighted by atomic mass is 10.2. The number of urea groups is 1. The molecule has 2 amide bonds. The summed E-state index contributed by atoms with van der Waals surface area (Å²) < 4.78 is 26.6. The first-order valence-electron chi connectivity index (χ1n) is 5.90. The Labute approximate surface area is 114 Å². The Kier molecular flexibility index (Phi) is 4.44. The fourth-order valence-corrected chi connectivity index (χ4v) is 1.54. The van der Waals surface area contributed by atoms with Crippen molar-refractivity contribution < 1.29 is 13.6 Å². The monoisotopic (exact) mass is 274 g/mol. The van der Waals surface area contributed by atoms with Crippen LogP contribution in [0.4, 0.5) is 19.3 Å². The maximum Gasteiger partial charge on any atom is 0.323 e. The van der Waals surface area contributed by atoms with E-state index in [9.17, 15) is 13.6 Å². The number of benzene rings is 2. The molecule has 2 aromatic rings. The van der Waals surface area contributed by atoms with E-state index in [0.29, 0.717) is 5.56 Å². The summed E-state index contributed by atoms with van der Waals surface area (Å²) in [6.45, 7) is 0. The van der Waals surface area contributed by atoms with Gasteiger partial charge in [0.1, 0.15) is 11.6 Å². The molecule has 0 saturated heterocycles. The van der Waals surface area contributed by atoms with Crippen molar-refractivity contribution in [2.45, 2.75) is 0 Å². The van der Waals surface area contributed by atoms with Gasteiger partial charge in [0.25, 0.3) is 0 Å². The first-order valence-corrected chi connectivity index (χ1v) is 5.90. The van der Waals surface area contributed by atoms with E-state index in [1.807, 2.05) is 0 Å². The number of carbonyl (C=O) groups excluding carboxylic acids is 1. The summed E-state index contributed by atoms with van der Waals surface area (Å²) in [6.07, 6.45) is 2.70. The molecule has 5 heteroatoms. The van der Waals surface area contributed by atoms with Crippen LogP contribution in [-0.4, -0.2) is 6.03 Å². The Morgan fingerprint density at radius 3 is 2.30 bits per heavy atom. The molecule has 0 unspecified atom stereocenters. The molecule has 0 heterocycles. The van der Waals surface area contributed by atoms with Crippen LogP contribution in [0, 0.1) is 11.6 Å². The van der Waals surface area contributed by atoms with Crippen LogP contribution >= 0.6 is 0 Å². The lowest BCUT2D eigenvalue weighted by Crippen LogP contribution is -2.24. The number of halogens is 2. The minimum atomic E-state index is -0.609. The van der Waals surface area contributed by atoms with Gasteiger partial charge >= 0.3 is 6.03 Å². The van der Waals surface area contributed by atoms with Gasteiger partial charge < -0.3 is 10.6 Å². The average molecular weight is 274 g/mol. The molecule has 2 N–H and O–H groups in total. The van der Waals surface area contributed by atoms with Crippen molar-refractivity contribution in [1.29, 1.82) is 0 Å². The molecule has 2 rings (SSSR count). The molecule has 0 radical (unpaired) electrons. The van der Waals surface area contributed by atoms with Crippen molar-refractivity contribution >= 4 is 17.8 Å². The normalized spacial score (nSPS) is 10.5. The highest BCUT2D eigenvalue weighted by molar-refractivity contribution is 5.90. The summed E-state index contributed by atoms with van der Waals surface area (Å²) in [5.41, 5.74) is 0.419. The third-order valence-corrected chi connectivity index (χ3v) is 2.50. The maximum absolute atomic E-state index is 13.3. The summed E-state index contributed by atoms with van der Waals surface area (Å²) in [6, 6.07) is 11.3. The van der Waals surface area contributed by atoms with Crippen molar-refractivity contribution in [2.24, 2.45) is 0 Å². The molecule has 0 saturated carbocycles. The van der Waals surface area contributed by atoms with E-state index < -0.39 is 11.8 Å². The number of rotatable bonds is 3. The second kappa shape index (κ2) is 6.47. The summed E-state index contributed by atoms with van der Waals surface area (Å²) in [5, 5.41) is 4.71. The van der Waals surface area contributed by atoms with E-state index >= 15 is 0 Å². The quantitative estimate of drug-likeness (QED) is 0.879. The van der Waals surface area contributed by atoms with Gasteiger partial charge in [0, 0.05) is 11.8 Å². The van der Waals surface area contributed by atoms with Gasteiger partial charge in [0.05, 0.1) is 5.69 Å². The molecular formula is C15H12F2N2O. The minimum absolute atomic E-state index is 0.0734. The van der Waals surface area contributed by atoms with Crippen LogP contribution in [0.3, 0.4) is 0 Å². The molecule has 0 aliphatic carbocycles. The van der Waals surface area contributed by atoms with Crippen LogP contribution < -0.4 is 10.6 Å². The lowest BCUT2D eigenvalue weighted by molar-refractivity contribution is 0.255. The Morgan fingerprint density at radius 2 is 1.60 bits per heavy atom. The van der Waals surface area contributed by atoms with Crippen LogP contribution in [0.1, 0.15) is 5.56 Å². The third kappa shape index (κ3) is 3.65. The topological polar surface area (TPSA) is 41.1 Å². The van der Waals surface area contributed by atoms with E-state index in [1.165, 1.54) is 36.5 Å². The maximum atomic E-state index is 13.3. The highest BCUT2D eigenvalue weighted by atomic mass is 19.1. The molecule has 102 valence electrons. The zero-order valence-corrected chi connectivity index (χ0v) is 10.4. The number of para-hydroxylation sites is 1. The van der Waals surface area contributed by atoms with Gasteiger partial charge in [-0.15, -0.1) is 0 Å². The fraction of sp³-hybridized carbons (Fsp3) is 0. The Balaban J connectivity index is 1.93. The number of carbonyl (C=O) groups is 1. The van der Waals surface area contributed by atoms with Crippen LogP contribution in [0.5, 0.6) is 0 Å². The molecule has 0 aromatic heterocycles. The summed E-state index contributed by atoms with van der Waals surface area (Å²) in [4.78, 5) is 11.5. The first kappa shape index (κ1) is 13.7. The van der Waals surface area contributed by atoms with Crippen LogP contribution in [0.2, 0.25) is 0 Å². The second-order valence-corrected chi connectivity index (χ2v) is 3.93. The van der Waals surface area contributed by atoms with Gasteiger partial charge in [-0.25, -0.2) is 13.6 Å². The molecule has 0 bridgehead atoms. The predicted molar refractivity (Wildman–Crippen MR) is 74.0 cm³/mol. The molecule has 0 fully saturated rings. The standard InChI is InChI=1S/C15H12F2N2O/c16-12-6-2-1-5-11(12)9-10-18-15(20)19-14-8-4-3-7-13(14)17/h1-10H,(H2,18,19,20)/b10-9+. The molecule has 0 aliphatic rings. The first-order chi connectivity index (χ1) is 9.66. The van der Waals surface area contributed by atoms with Crippen molar-refractivity contribution in [2.75, 3.05) is 5.32 Å². The van der Waals surface area contributed by atoms with Gasteiger partial charge in [-0.2, -0.15) is 0 Å². The molecule has 3 nitrogen and oxygen atoms in total. The van der Waals surface area contributed by atoms with E-state index in [2.05, 4.69) is 10.6 Å². The summed E-state index contributed by atoms with van der Waals surface area (Å²) in [5.74, 6) is -0.916. The van der Waals surface area contributed by atoms with Gasteiger partial charge in [-0.1, -0.05) is 30.3 Å². The van der Waals surface area contributed by atoms with E-state index in [4.69, 9.17) is 0 Å².